The first kappa shape index (κ1) is 20.7. The van der Waals surface area contributed by atoms with Crippen molar-refractivity contribution in [3.63, 3.8) is 0 Å². The molecule has 10 heteroatoms. The van der Waals surface area contributed by atoms with Gasteiger partial charge in [0.15, 0.2) is 0 Å². The van der Waals surface area contributed by atoms with Gasteiger partial charge in [-0.1, -0.05) is 19.1 Å². The number of imidazole rings is 1. The molecule has 0 spiro atoms. The van der Waals surface area contributed by atoms with Crippen molar-refractivity contribution in [1.82, 2.24) is 24.1 Å². The Bertz CT molecular complexity index is 1130. The zero-order valence-corrected chi connectivity index (χ0v) is 17.7. The molecule has 1 N–H and O–H groups in total. The van der Waals surface area contributed by atoms with Gasteiger partial charge in [0.1, 0.15) is 34.7 Å². The van der Waals surface area contributed by atoms with Crippen molar-refractivity contribution in [3.8, 4) is 0 Å². The standard InChI is InChI=1S/C20H19F2N5OS2/c1-14(29-6-2-3-16-9-26-12-23-8-19(26)30-16)20(28,10-27-13-24-11-25-27)17-5-4-15(21)7-18(17)22/h2-5,7-9,11-14,28H,6,10H2,1H3/b3-2+/t14-,20-/m1/s1. The highest BCUT2D eigenvalue weighted by Gasteiger charge is 2.39. The SMILES string of the molecule is C[C@@H](SC/C=C/c1cn2cncc2s1)[C@](O)(Cn1cncn1)c1ccc(F)cc1F. The molecule has 0 fully saturated rings. The lowest BCUT2D eigenvalue weighted by atomic mass is 9.90. The maximum absolute atomic E-state index is 14.5. The minimum Gasteiger partial charge on any atom is -0.382 e. The van der Waals surface area contributed by atoms with E-state index in [1.54, 1.807) is 23.9 Å². The molecule has 30 heavy (non-hydrogen) atoms. The molecule has 0 bridgehead atoms. The number of hydrogen-bond acceptors (Lipinski definition) is 6. The Kier molecular flexibility index (Phi) is 5.98. The Labute approximate surface area is 179 Å². The molecule has 0 saturated heterocycles. The molecule has 156 valence electrons. The fourth-order valence-corrected chi connectivity index (χ4v) is 5.03. The summed E-state index contributed by atoms with van der Waals surface area (Å²) in [5.74, 6) is -0.872. The lowest BCUT2D eigenvalue weighted by Crippen LogP contribution is -2.41. The molecule has 1 aromatic carbocycles. The Morgan fingerprint density at radius 2 is 2.17 bits per heavy atom. The van der Waals surface area contributed by atoms with Gasteiger partial charge in [-0.15, -0.1) is 11.3 Å². The van der Waals surface area contributed by atoms with Crippen LogP contribution >= 0.6 is 23.1 Å². The molecule has 3 heterocycles. The summed E-state index contributed by atoms with van der Waals surface area (Å²) >= 11 is 3.09. The van der Waals surface area contributed by atoms with E-state index in [-0.39, 0.29) is 12.1 Å². The molecule has 0 aliphatic rings. The third-order valence-corrected chi connectivity index (χ3v) is 7.06. The van der Waals surface area contributed by atoms with Crippen molar-refractivity contribution in [1.29, 1.82) is 0 Å². The number of aliphatic hydroxyl groups is 1. The van der Waals surface area contributed by atoms with Gasteiger partial charge in [-0.3, -0.25) is 4.40 Å². The number of halogens is 2. The van der Waals surface area contributed by atoms with Crippen molar-refractivity contribution in [2.45, 2.75) is 24.3 Å². The highest BCUT2D eigenvalue weighted by Crippen LogP contribution is 2.36. The zero-order valence-electron chi connectivity index (χ0n) is 16.0. The summed E-state index contributed by atoms with van der Waals surface area (Å²) in [6.07, 6.45) is 12.4. The van der Waals surface area contributed by atoms with Gasteiger partial charge in [0.05, 0.1) is 19.1 Å². The van der Waals surface area contributed by atoms with Crippen LogP contribution < -0.4 is 0 Å². The molecule has 2 atom stereocenters. The number of nitrogens with zero attached hydrogens (tertiary/aromatic N) is 5. The molecule has 0 aliphatic heterocycles. The molecule has 4 aromatic rings. The van der Waals surface area contributed by atoms with Crippen LogP contribution in [-0.4, -0.2) is 40.3 Å². The Hall–Kier alpha value is -2.56. The molecule has 3 aromatic heterocycles. The topological polar surface area (TPSA) is 68.2 Å². The van der Waals surface area contributed by atoms with Crippen molar-refractivity contribution in [3.05, 3.63) is 77.7 Å². The van der Waals surface area contributed by atoms with Crippen LogP contribution in [0, 0.1) is 11.6 Å². The fourth-order valence-electron chi connectivity index (χ4n) is 3.17. The molecule has 0 unspecified atom stereocenters. The Morgan fingerprint density at radius 3 is 2.90 bits per heavy atom. The summed E-state index contributed by atoms with van der Waals surface area (Å²) < 4.78 is 31.3. The van der Waals surface area contributed by atoms with E-state index in [1.807, 2.05) is 29.7 Å². The third-order valence-electron chi connectivity index (χ3n) is 4.78. The summed E-state index contributed by atoms with van der Waals surface area (Å²) in [5, 5.41) is 15.1. The number of hydrogen-bond donors (Lipinski definition) is 1. The van der Waals surface area contributed by atoms with Crippen LogP contribution in [-0.2, 0) is 12.1 Å². The Balaban J connectivity index is 1.50. The van der Waals surface area contributed by atoms with Gasteiger partial charge in [0, 0.05) is 33.7 Å². The van der Waals surface area contributed by atoms with Gasteiger partial charge < -0.3 is 5.11 Å². The van der Waals surface area contributed by atoms with Gasteiger partial charge >= 0.3 is 0 Å². The smallest absolute Gasteiger partial charge is 0.137 e. The zero-order chi connectivity index (χ0) is 21.1. The number of aromatic nitrogens is 5. The number of thiazole rings is 1. The van der Waals surface area contributed by atoms with Gasteiger partial charge in [0.2, 0.25) is 0 Å². The van der Waals surface area contributed by atoms with Crippen molar-refractivity contribution >= 4 is 34.0 Å². The first-order chi connectivity index (χ1) is 14.5. The third kappa shape index (κ3) is 4.30. The van der Waals surface area contributed by atoms with Crippen molar-refractivity contribution < 1.29 is 13.9 Å². The molecular formula is C20H19F2N5OS2. The van der Waals surface area contributed by atoms with Crippen LogP contribution in [0.3, 0.4) is 0 Å². The number of rotatable bonds is 8. The fraction of sp³-hybridized carbons (Fsp3) is 0.250. The van der Waals surface area contributed by atoms with E-state index < -0.39 is 22.5 Å². The van der Waals surface area contributed by atoms with E-state index in [2.05, 4.69) is 15.1 Å². The second-order valence-corrected chi connectivity index (χ2v) is 9.26. The summed E-state index contributed by atoms with van der Waals surface area (Å²) in [6.45, 7) is 1.82. The van der Waals surface area contributed by atoms with Crippen molar-refractivity contribution in [2.75, 3.05) is 5.75 Å². The van der Waals surface area contributed by atoms with E-state index in [9.17, 15) is 13.9 Å². The van der Waals surface area contributed by atoms with Crippen molar-refractivity contribution in [2.24, 2.45) is 0 Å². The van der Waals surface area contributed by atoms with Gasteiger partial charge in [-0.05, 0) is 12.1 Å². The van der Waals surface area contributed by atoms with E-state index in [1.165, 1.54) is 35.2 Å². The van der Waals surface area contributed by atoms with Crippen LogP contribution in [0.2, 0.25) is 0 Å². The summed E-state index contributed by atoms with van der Waals surface area (Å²) in [6, 6.07) is 3.22. The Morgan fingerprint density at radius 1 is 1.30 bits per heavy atom. The largest absolute Gasteiger partial charge is 0.382 e. The monoisotopic (exact) mass is 447 g/mol. The van der Waals surface area contributed by atoms with Crippen LogP contribution in [0.5, 0.6) is 0 Å². The van der Waals surface area contributed by atoms with Gasteiger partial charge in [0.25, 0.3) is 0 Å². The van der Waals surface area contributed by atoms with Gasteiger partial charge in [-0.2, -0.15) is 16.9 Å². The minimum atomic E-state index is -1.60. The quantitative estimate of drug-likeness (QED) is 0.442. The molecule has 6 nitrogen and oxygen atoms in total. The number of thioether (sulfide) groups is 1. The summed E-state index contributed by atoms with van der Waals surface area (Å²) in [5.41, 5.74) is -1.57. The first-order valence-electron chi connectivity index (χ1n) is 9.15. The van der Waals surface area contributed by atoms with Gasteiger partial charge in [-0.25, -0.2) is 23.4 Å². The summed E-state index contributed by atoms with van der Waals surface area (Å²) in [4.78, 5) is 10.1. The van der Waals surface area contributed by atoms with E-state index in [0.717, 1.165) is 21.8 Å². The van der Waals surface area contributed by atoms with E-state index in [4.69, 9.17) is 0 Å². The van der Waals surface area contributed by atoms with Crippen LogP contribution in [0.25, 0.3) is 10.9 Å². The van der Waals surface area contributed by atoms with E-state index in [0.29, 0.717) is 5.75 Å². The molecule has 0 amide bonds. The molecule has 0 radical (unpaired) electrons. The van der Waals surface area contributed by atoms with Crippen LogP contribution in [0.1, 0.15) is 17.4 Å². The average molecular weight is 448 g/mol. The average Bonchev–Trinajstić information content (AvgIpc) is 3.42. The predicted molar refractivity (Wildman–Crippen MR) is 114 cm³/mol. The maximum atomic E-state index is 14.5. The minimum absolute atomic E-state index is 0.00309. The molecule has 4 rings (SSSR count). The normalized spacial score (nSPS) is 15.1. The second-order valence-electron chi connectivity index (χ2n) is 6.79. The maximum Gasteiger partial charge on any atom is 0.137 e. The second kappa shape index (κ2) is 8.66. The van der Waals surface area contributed by atoms with E-state index >= 15 is 0 Å². The number of benzene rings is 1. The highest BCUT2D eigenvalue weighted by atomic mass is 32.2. The lowest BCUT2D eigenvalue weighted by molar-refractivity contribution is 0.0134. The lowest BCUT2D eigenvalue weighted by Gasteiger charge is -2.34. The summed E-state index contributed by atoms with van der Waals surface area (Å²) in [7, 11) is 0. The highest BCUT2D eigenvalue weighted by molar-refractivity contribution is 8.00. The van der Waals surface area contributed by atoms with Crippen LogP contribution in [0.4, 0.5) is 8.78 Å². The molecular weight excluding hydrogens is 428 g/mol. The first-order valence-corrected chi connectivity index (χ1v) is 11.0. The predicted octanol–water partition coefficient (Wildman–Crippen LogP) is 3.99. The number of fused-ring (bicyclic) bond motifs is 1. The van der Waals surface area contributed by atoms with Crippen LogP contribution in [0.15, 0.2) is 55.7 Å². The molecule has 0 saturated carbocycles. The molecule has 0 aliphatic carbocycles.